The topological polar surface area (TPSA) is 103 Å². The lowest BCUT2D eigenvalue weighted by molar-refractivity contribution is 0.0300. The summed E-state index contributed by atoms with van der Waals surface area (Å²) in [4.78, 5) is 29.8. The van der Waals surface area contributed by atoms with Crippen LogP contribution in [0, 0.1) is 5.82 Å². The maximum atomic E-state index is 14.2. The molecule has 148 valence electrons. The number of hydrogen-bond donors (Lipinski definition) is 2. The first-order chi connectivity index (χ1) is 13.6. The van der Waals surface area contributed by atoms with Crippen LogP contribution in [0.1, 0.15) is 10.4 Å². The molecule has 1 heterocycles. The van der Waals surface area contributed by atoms with Gasteiger partial charge < -0.3 is 19.6 Å². The van der Waals surface area contributed by atoms with Gasteiger partial charge in [-0.05, 0) is 30.3 Å². The van der Waals surface area contributed by atoms with Crippen molar-refractivity contribution in [3.63, 3.8) is 0 Å². The fraction of sp³-hybridized carbons (Fsp3) is 0.263. The molecule has 3 N–H and O–H groups in total. The molecule has 3 rings (SSSR count). The molecule has 0 unspecified atom stereocenters. The van der Waals surface area contributed by atoms with E-state index < -0.39 is 24.0 Å². The SMILES string of the molecule is NOCCNc1ccc(N2C[C@H](COC(=O)c3ccccc3)OC2=O)cc1F. The number of rotatable bonds is 8. The van der Waals surface area contributed by atoms with Crippen molar-refractivity contribution in [1.82, 2.24) is 0 Å². The van der Waals surface area contributed by atoms with Gasteiger partial charge in [-0.25, -0.2) is 19.9 Å². The molecule has 1 aliphatic heterocycles. The van der Waals surface area contributed by atoms with Gasteiger partial charge in [0, 0.05) is 6.54 Å². The molecule has 2 aromatic rings. The molecule has 1 fully saturated rings. The fourth-order valence-corrected chi connectivity index (χ4v) is 2.71. The van der Waals surface area contributed by atoms with Crippen molar-refractivity contribution < 1.29 is 28.3 Å². The van der Waals surface area contributed by atoms with E-state index in [-0.39, 0.29) is 25.4 Å². The van der Waals surface area contributed by atoms with Gasteiger partial charge in [-0.2, -0.15) is 0 Å². The number of amides is 1. The van der Waals surface area contributed by atoms with E-state index in [1.165, 1.54) is 17.0 Å². The third kappa shape index (κ3) is 4.76. The number of nitrogens with zero attached hydrogens (tertiary/aromatic N) is 1. The number of ether oxygens (including phenoxy) is 2. The van der Waals surface area contributed by atoms with Crippen molar-refractivity contribution in [2.45, 2.75) is 6.10 Å². The Morgan fingerprint density at radius 2 is 2.07 bits per heavy atom. The van der Waals surface area contributed by atoms with Crippen LogP contribution in [-0.4, -0.2) is 44.5 Å². The van der Waals surface area contributed by atoms with Gasteiger partial charge in [0.15, 0.2) is 6.10 Å². The molecular formula is C19H20FN3O5. The average molecular weight is 389 g/mol. The number of carbonyl (C=O) groups excluding carboxylic acids is 2. The van der Waals surface area contributed by atoms with Crippen molar-refractivity contribution in [3.05, 3.63) is 59.9 Å². The Balaban J connectivity index is 1.57. The highest BCUT2D eigenvalue weighted by molar-refractivity contribution is 5.91. The van der Waals surface area contributed by atoms with E-state index in [1.54, 1.807) is 36.4 Å². The Bertz CT molecular complexity index is 834. The zero-order valence-electron chi connectivity index (χ0n) is 15.0. The molecule has 1 amide bonds. The Hall–Kier alpha value is -3.17. The molecule has 0 bridgehead atoms. The number of carbonyl (C=O) groups is 2. The van der Waals surface area contributed by atoms with Gasteiger partial charge in [0.05, 0.1) is 30.1 Å². The van der Waals surface area contributed by atoms with Gasteiger partial charge in [0.25, 0.3) is 0 Å². The van der Waals surface area contributed by atoms with Gasteiger partial charge in [-0.15, -0.1) is 0 Å². The fourth-order valence-electron chi connectivity index (χ4n) is 2.71. The van der Waals surface area contributed by atoms with E-state index in [4.69, 9.17) is 15.4 Å². The standard InChI is InChI=1S/C19H20FN3O5/c20-16-10-14(6-7-17(16)22-8-9-27-21)23-11-15(28-19(23)25)12-26-18(24)13-4-2-1-3-5-13/h1-7,10,15,22H,8-9,11-12,21H2/t15-/m1/s1. The lowest BCUT2D eigenvalue weighted by Crippen LogP contribution is -2.26. The minimum atomic E-state index is -0.636. The highest BCUT2D eigenvalue weighted by Crippen LogP contribution is 2.26. The highest BCUT2D eigenvalue weighted by atomic mass is 19.1. The number of esters is 1. The van der Waals surface area contributed by atoms with E-state index in [9.17, 15) is 14.0 Å². The van der Waals surface area contributed by atoms with Crippen LogP contribution < -0.4 is 16.1 Å². The van der Waals surface area contributed by atoms with Crippen LogP contribution in [0.4, 0.5) is 20.6 Å². The van der Waals surface area contributed by atoms with E-state index in [0.717, 1.165) is 0 Å². The maximum absolute atomic E-state index is 14.2. The molecule has 8 nitrogen and oxygen atoms in total. The summed E-state index contributed by atoms with van der Waals surface area (Å²) in [5.41, 5.74) is 1.02. The number of halogens is 1. The number of nitrogens with two attached hydrogens (primary N) is 1. The predicted molar refractivity (Wildman–Crippen MR) is 99.4 cm³/mol. The zero-order valence-corrected chi connectivity index (χ0v) is 15.0. The lowest BCUT2D eigenvalue weighted by atomic mass is 10.2. The van der Waals surface area contributed by atoms with Gasteiger partial charge >= 0.3 is 12.1 Å². The van der Waals surface area contributed by atoms with Gasteiger partial charge in [0.1, 0.15) is 12.4 Å². The maximum Gasteiger partial charge on any atom is 0.414 e. The van der Waals surface area contributed by atoms with Crippen LogP contribution in [-0.2, 0) is 14.3 Å². The normalized spacial score (nSPS) is 16.0. The van der Waals surface area contributed by atoms with Crippen LogP contribution in [0.2, 0.25) is 0 Å². The quantitative estimate of drug-likeness (QED) is 0.406. The van der Waals surface area contributed by atoms with Crippen molar-refractivity contribution in [2.75, 3.05) is 36.5 Å². The van der Waals surface area contributed by atoms with E-state index in [0.29, 0.717) is 17.8 Å². The molecule has 0 saturated carbocycles. The summed E-state index contributed by atoms with van der Waals surface area (Å²) in [5, 5.41) is 2.83. The molecule has 9 heteroatoms. The minimum absolute atomic E-state index is 0.0861. The van der Waals surface area contributed by atoms with Crippen molar-refractivity contribution in [1.29, 1.82) is 0 Å². The molecule has 28 heavy (non-hydrogen) atoms. The Morgan fingerprint density at radius 1 is 1.29 bits per heavy atom. The van der Waals surface area contributed by atoms with Gasteiger partial charge in [0.2, 0.25) is 0 Å². The monoisotopic (exact) mass is 389 g/mol. The highest BCUT2D eigenvalue weighted by Gasteiger charge is 2.33. The predicted octanol–water partition coefficient (Wildman–Crippen LogP) is 2.31. The van der Waals surface area contributed by atoms with Crippen LogP contribution in [0.25, 0.3) is 0 Å². The summed E-state index contributed by atoms with van der Waals surface area (Å²) < 4.78 is 24.6. The Labute approximate surface area is 160 Å². The van der Waals surface area contributed by atoms with Gasteiger partial charge in [-0.3, -0.25) is 4.90 Å². The Morgan fingerprint density at radius 3 is 2.79 bits per heavy atom. The number of hydrogen-bond acceptors (Lipinski definition) is 7. The van der Waals surface area contributed by atoms with Crippen LogP contribution >= 0.6 is 0 Å². The third-order valence-corrected chi connectivity index (χ3v) is 4.08. The molecule has 0 aromatic heterocycles. The molecule has 0 spiro atoms. The molecule has 1 saturated heterocycles. The molecule has 2 aromatic carbocycles. The van der Waals surface area contributed by atoms with Crippen LogP contribution in [0.3, 0.4) is 0 Å². The Kier molecular flexibility index (Phi) is 6.41. The second-order valence-electron chi connectivity index (χ2n) is 6.04. The first-order valence-corrected chi connectivity index (χ1v) is 8.64. The number of benzene rings is 2. The van der Waals surface area contributed by atoms with E-state index >= 15 is 0 Å². The largest absolute Gasteiger partial charge is 0.458 e. The molecule has 0 radical (unpaired) electrons. The molecule has 0 aliphatic carbocycles. The van der Waals surface area contributed by atoms with Crippen molar-refractivity contribution in [3.8, 4) is 0 Å². The first kappa shape index (κ1) is 19.6. The number of nitrogens with one attached hydrogen (secondary N) is 1. The zero-order chi connectivity index (χ0) is 19.9. The number of anilines is 2. The van der Waals surface area contributed by atoms with E-state index in [1.807, 2.05) is 0 Å². The molecular weight excluding hydrogens is 369 g/mol. The van der Waals surface area contributed by atoms with E-state index in [2.05, 4.69) is 10.2 Å². The summed E-state index contributed by atoms with van der Waals surface area (Å²) in [7, 11) is 0. The third-order valence-electron chi connectivity index (χ3n) is 4.08. The average Bonchev–Trinajstić information content (AvgIpc) is 3.08. The van der Waals surface area contributed by atoms with Crippen molar-refractivity contribution in [2.24, 2.45) is 5.90 Å². The van der Waals surface area contributed by atoms with Crippen LogP contribution in [0.5, 0.6) is 0 Å². The van der Waals surface area contributed by atoms with Crippen LogP contribution in [0.15, 0.2) is 48.5 Å². The minimum Gasteiger partial charge on any atom is -0.458 e. The number of cyclic esters (lactones) is 1. The second kappa shape index (κ2) is 9.16. The second-order valence-corrected chi connectivity index (χ2v) is 6.04. The molecule has 1 aliphatic rings. The summed E-state index contributed by atoms with van der Waals surface area (Å²) in [6.07, 6.45) is -1.26. The summed E-state index contributed by atoms with van der Waals surface area (Å²) >= 11 is 0. The smallest absolute Gasteiger partial charge is 0.414 e. The first-order valence-electron chi connectivity index (χ1n) is 8.64. The molecule has 1 atom stereocenters. The summed E-state index contributed by atoms with van der Waals surface area (Å²) in [6.45, 7) is 0.627. The van der Waals surface area contributed by atoms with Crippen molar-refractivity contribution >= 4 is 23.4 Å². The summed E-state index contributed by atoms with van der Waals surface area (Å²) in [5.74, 6) is 3.89. The van der Waals surface area contributed by atoms with Gasteiger partial charge in [-0.1, -0.05) is 18.2 Å². The summed E-state index contributed by atoms with van der Waals surface area (Å²) in [6, 6.07) is 12.8. The lowest BCUT2D eigenvalue weighted by Gasteiger charge is -2.15.